The van der Waals surface area contributed by atoms with Gasteiger partial charge in [0.25, 0.3) is 0 Å². The van der Waals surface area contributed by atoms with Crippen LogP contribution in [-0.4, -0.2) is 28.3 Å². The Bertz CT molecular complexity index is 907. The Balaban J connectivity index is 1.66. The minimum atomic E-state index is -0.121. The van der Waals surface area contributed by atoms with Gasteiger partial charge in [-0.05, 0) is 32.0 Å². The Kier molecular flexibility index (Phi) is 5.83. The Hall–Kier alpha value is -2.47. The molecule has 136 valence electrons. The highest BCUT2D eigenvalue weighted by Gasteiger charge is 2.15. The predicted molar refractivity (Wildman–Crippen MR) is 106 cm³/mol. The van der Waals surface area contributed by atoms with Gasteiger partial charge in [-0.2, -0.15) is 0 Å². The topological polar surface area (TPSA) is 56.2 Å². The van der Waals surface area contributed by atoms with Gasteiger partial charge in [0, 0.05) is 12.1 Å². The number of hydrogen-bond acceptors (Lipinski definition) is 4. The predicted octanol–water partition coefficient (Wildman–Crippen LogP) is 4.03. The number of methoxy groups -OCH3 is 1. The number of carbonyl (C=O) groups excluding carboxylic acids is 1. The summed E-state index contributed by atoms with van der Waals surface area (Å²) in [5.41, 5.74) is 3.02. The molecule has 0 radical (unpaired) electrons. The fraction of sp³-hybridized carbons (Fsp3) is 0.300. The third-order valence-corrected chi connectivity index (χ3v) is 5.23. The molecule has 1 unspecified atom stereocenters. The number of para-hydroxylation sites is 3. The van der Waals surface area contributed by atoms with Crippen molar-refractivity contribution in [3.8, 4) is 5.75 Å². The molecule has 0 spiro atoms. The molecule has 1 aromatic heterocycles. The van der Waals surface area contributed by atoms with Gasteiger partial charge < -0.3 is 14.6 Å². The van der Waals surface area contributed by atoms with E-state index in [1.54, 1.807) is 7.11 Å². The molecular formula is C20H23N3O2S. The number of imidazole rings is 1. The van der Waals surface area contributed by atoms with Crippen LogP contribution in [-0.2, 0) is 11.3 Å². The van der Waals surface area contributed by atoms with Crippen molar-refractivity contribution in [2.45, 2.75) is 31.6 Å². The molecule has 0 fully saturated rings. The lowest BCUT2D eigenvalue weighted by molar-refractivity contribution is -0.119. The molecular weight excluding hydrogens is 346 g/mol. The van der Waals surface area contributed by atoms with Crippen molar-refractivity contribution in [3.63, 3.8) is 0 Å². The monoisotopic (exact) mass is 369 g/mol. The van der Waals surface area contributed by atoms with Gasteiger partial charge >= 0.3 is 0 Å². The van der Waals surface area contributed by atoms with Crippen LogP contribution in [0.25, 0.3) is 11.0 Å². The van der Waals surface area contributed by atoms with Crippen LogP contribution in [0.3, 0.4) is 0 Å². The summed E-state index contributed by atoms with van der Waals surface area (Å²) >= 11 is 1.46. The van der Waals surface area contributed by atoms with E-state index in [9.17, 15) is 4.79 Å². The molecule has 2 aromatic carbocycles. The minimum absolute atomic E-state index is 0.0249. The molecule has 1 heterocycles. The maximum atomic E-state index is 12.4. The molecule has 1 N–H and O–H groups in total. The summed E-state index contributed by atoms with van der Waals surface area (Å²) in [5.74, 6) is 1.08. The van der Waals surface area contributed by atoms with Gasteiger partial charge in [-0.1, -0.05) is 42.1 Å². The summed E-state index contributed by atoms with van der Waals surface area (Å²) in [6.45, 7) is 4.87. The fourth-order valence-corrected chi connectivity index (χ4v) is 3.87. The fourth-order valence-electron chi connectivity index (χ4n) is 2.98. The summed E-state index contributed by atoms with van der Waals surface area (Å²) in [6, 6.07) is 15.6. The van der Waals surface area contributed by atoms with Crippen molar-refractivity contribution < 1.29 is 9.53 Å². The number of fused-ring (bicyclic) bond motifs is 1. The van der Waals surface area contributed by atoms with E-state index >= 15 is 0 Å². The van der Waals surface area contributed by atoms with Crippen LogP contribution in [0.1, 0.15) is 25.5 Å². The van der Waals surface area contributed by atoms with E-state index in [2.05, 4.69) is 27.9 Å². The number of thioether (sulfide) groups is 1. The quantitative estimate of drug-likeness (QED) is 0.639. The SMILES string of the molecule is CCn1c(SCC(=O)NC(C)c2ccccc2OC)nc2ccccc21. The molecule has 26 heavy (non-hydrogen) atoms. The molecule has 0 aliphatic heterocycles. The summed E-state index contributed by atoms with van der Waals surface area (Å²) in [7, 11) is 1.64. The number of aryl methyl sites for hydroxylation is 1. The zero-order valence-electron chi connectivity index (χ0n) is 15.2. The van der Waals surface area contributed by atoms with E-state index in [1.807, 2.05) is 49.4 Å². The Morgan fingerprint density at radius 1 is 1.23 bits per heavy atom. The highest BCUT2D eigenvalue weighted by Crippen LogP contribution is 2.26. The lowest BCUT2D eigenvalue weighted by Gasteiger charge is -2.17. The van der Waals surface area contributed by atoms with Crippen molar-refractivity contribution in [1.82, 2.24) is 14.9 Å². The Morgan fingerprint density at radius 3 is 2.73 bits per heavy atom. The summed E-state index contributed by atoms with van der Waals surface area (Å²) in [6.07, 6.45) is 0. The first-order chi connectivity index (χ1) is 12.6. The van der Waals surface area contributed by atoms with Gasteiger partial charge in [0.1, 0.15) is 5.75 Å². The van der Waals surface area contributed by atoms with Gasteiger partial charge in [-0.15, -0.1) is 0 Å². The molecule has 5 nitrogen and oxygen atoms in total. The first-order valence-electron chi connectivity index (χ1n) is 8.64. The van der Waals surface area contributed by atoms with E-state index in [-0.39, 0.29) is 11.9 Å². The smallest absolute Gasteiger partial charge is 0.230 e. The Morgan fingerprint density at radius 2 is 1.96 bits per heavy atom. The maximum Gasteiger partial charge on any atom is 0.230 e. The number of carbonyl (C=O) groups is 1. The third-order valence-electron chi connectivity index (χ3n) is 4.25. The van der Waals surface area contributed by atoms with Crippen LogP contribution >= 0.6 is 11.8 Å². The van der Waals surface area contributed by atoms with Gasteiger partial charge in [0.05, 0.1) is 29.9 Å². The standard InChI is InChI=1S/C20H23N3O2S/c1-4-23-17-11-7-6-10-16(17)22-20(23)26-13-19(24)21-14(2)15-9-5-8-12-18(15)25-3/h5-12,14H,4,13H2,1-3H3,(H,21,24). The van der Waals surface area contributed by atoms with Crippen molar-refractivity contribution in [3.05, 3.63) is 54.1 Å². The number of amides is 1. The number of rotatable bonds is 7. The summed E-state index contributed by atoms with van der Waals surface area (Å²) in [4.78, 5) is 17.1. The van der Waals surface area contributed by atoms with Crippen molar-refractivity contribution in [1.29, 1.82) is 0 Å². The highest BCUT2D eigenvalue weighted by molar-refractivity contribution is 7.99. The van der Waals surface area contributed by atoms with Crippen molar-refractivity contribution >= 4 is 28.7 Å². The second-order valence-electron chi connectivity index (χ2n) is 5.95. The maximum absolute atomic E-state index is 12.4. The second kappa shape index (κ2) is 8.27. The second-order valence-corrected chi connectivity index (χ2v) is 6.89. The van der Waals surface area contributed by atoms with E-state index in [1.165, 1.54) is 11.8 Å². The first-order valence-corrected chi connectivity index (χ1v) is 9.63. The molecule has 1 atom stereocenters. The molecule has 0 saturated carbocycles. The van der Waals surface area contributed by atoms with Gasteiger partial charge in [-0.25, -0.2) is 4.98 Å². The molecule has 6 heteroatoms. The van der Waals surface area contributed by atoms with Crippen LogP contribution in [0, 0.1) is 0 Å². The number of benzene rings is 2. The van der Waals surface area contributed by atoms with E-state index in [0.29, 0.717) is 5.75 Å². The molecule has 0 aliphatic rings. The van der Waals surface area contributed by atoms with Crippen LogP contribution in [0.15, 0.2) is 53.7 Å². The number of aromatic nitrogens is 2. The third kappa shape index (κ3) is 3.85. The lowest BCUT2D eigenvalue weighted by atomic mass is 10.1. The van der Waals surface area contributed by atoms with Gasteiger partial charge in [0.2, 0.25) is 5.91 Å². The number of hydrogen-bond donors (Lipinski definition) is 1. The van der Waals surface area contributed by atoms with Crippen LogP contribution in [0.5, 0.6) is 5.75 Å². The molecule has 0 bridgehead atoms. The van der Waals surface area contributed by atoms with Crippen LogP contribution in [0.2, 0.25) is 0 Å². The van der Waals surface area contributed by atoms with Crippen LogP contribution in [0.4, 0.5) is 0 Å². The van der Waals surface area contributed by atoms with E-state index in [0.717, 1.165) is 34.0 Å². The van der Waals surface area contributed by atoms with Crippen molar-refractivity contribution in [2.24, 2.45) is 0 Å². The number of nitrogens with one attached hydrogen (secondary N) is 1. The molecule has 0 saturated heterocycles. The minimum Gasteiger partial charge on any atom is -0.496 e. The van der Waals surface area contributed by atoms with Gasteiger partial charge in [-0.3, -0.25) is 4.79 Å². The largest absolute Gasteiger partial charge is 0.496 e. The highest BCUT2D eigenvalue weighted by atomic mass is 32.2. The molecule has 3 aromatic rings. The first kappa shape index (κ1) is 18.3. The zero-order chi connectivity index (χ0) is 18.5. The average molecular weight is 369 g/mol. The summed E-state index contributed by atoms with van der Waals surface area (Å²) in [5, 5.41) is 3.90. The van der Waals surface area contributed by atoms with Crippen LogP contribution < -0.4 is 10.1 Å². The van der Waals surface area contributed by atoms with E-state index < -0.39 is 0 Å². The number of nitrogens with zero attached hydrogens (tertiary/aromatic N) is 2. The number of ether oxygens (including phenoxy) is 1. The van der Waals surface area contributed by atoms with Gasteiger partial charge in [0.15, 0.2) is 5.16 Å². The molecule has 0 aliphatic carbocycles. The summed E-state index contributed by atoms with van der Waals surface area (Å²) < 4.78 is 7.51. The molecule has 1 amide bonds. The molecule has 3 rings (SSSR count). The normalized spacial score (nSPS) is 12.1. The lowest BCUT2D eigenvalue weighted by Crippen LogP contribution is -2.28. The Labute approximate surface area is 157 Å². The van der Waals surface area contributed by atoms with Crippen molar-refractivity contribution in [2.75, 3.05) is 12.9 Å². The zero-order valence-corrected chi connectivity index (χ0v) is 16.0. The van der Waals surface area contributed by atoms with E-state index in [4.69, 9.17) is 4.74 Å². The average Bonchev–Trinajstić information content (AvgIpc) is 3.03.